The molecule has 0 heterocycles. The van der Waals surface area contributed by atoms with Gasteiger partial charge in [-0.05, 0) is 12.8 Å². The van der Waals surface area contributed by atoms with E-state index in [1.165, 1.54) is 0 Å². The van der Waals surface area contributed by atoms with E-state index in [2.05, 4.69) is 4.74 Å². The maximum atomic E-state index is 10.5. The molecule has 0 aromatic rings. The van der Waals surface area contributed by atoms with Crippen LogP contribution < -0.4 is 11.5 Å². The second-order valence-corrected chi connectivity index (χ2v) is 2.35. The van der Waals surface area contributed by atoms with Crippen molar-refractivity contribution in [3.05, 3.63) is 0 Å². The van der Waals surface area contributed by atoms with E-state index in [1.807, 2.05) is 0 Å². The molecule has 0 bridgehead atoms. The molecule has 0 aromatic heterocycles. The zero-order chi connectivity index (χ0) is 9.40. The summed E-state index contributed by atoms with van der Waals surface area (Å²) in [4.78, 5) is 20.7. The summed E-state index contributed by atoms with van der Waals surface area (Å²) in [6.45, 7) is 0.207. The minimum absolute atomic E-state index is 0.101. The fourth-order valence-electron chi connectivity index (χ4n) is 0.646. The first kappa shape index (κ1) is 10.9. The number of unbranched alkanes of at least 4 members (excludes halogenated alkanes) is 1. The number of carbonyl (C=O) groups excluding carboxylic acids is 2. The Kier molecular flexibility index (Phi) is 6.00. The molecule has 5 nitrogen and oxygen atoms in total. The van der Waals surface area contributed by atoms with Crippen LogP contribution in [0.2, 0.25) is 0 Å². The lowest BCUT2D eigenvalue weighted by molar-refractivity contribution is -0.142. The molecule has 5 heteroatoms. The van der Waals surface area contributed by atoms with E-state index < -0.39 is 5.97 Å². The third-order valence-corrected chi connectivity index (χ3v) is 1.25. The largest absolute Gasteiger partial charge is 0.465 e. The van der Waals surface area contributed by atoms with Crippen LogP contribution in [0.3, 0.4) is 0 Å². The van der Waals surface area contributed by atoms with Crippen molar-refractivity contribution in [2.45, 2.75) is 19.3 Å². The number of primary amides is 1. The van der Waals surface area contributed by atoms with Gasteiger partial charge in [-0.25, -0.2) is 0 Å². The fraction of sp³-hybridized carbons (Fsp3) is 0.714. The average Bonchev–Trinajstić information content (AvgIpc) is 2.03. The zero-order valence-electron chi connectivity index (χ0n) is 6.91. The van der Waals surface area contributed by atoms with Crippen LogP contribution in [0.4, 0.5) is 0 Å². The molecule has 4 N–H and O–H groups in total. The highest BCUT2D eigenvalue weighted by molar-refractivity contribution is 5.73. The van der Waals surface area contributed by atoms with Crippen molar-refractivity contribution in [1.29, 1.82) is 0 Å². The summed E-state index contributed by atoms with van der Waals surface area (Å²) >= 11 is 0. The lowest BCUT2D eigenvalue weighted by Gasteiger charge is -2.01. The van der Waals surface area contributed by atoms with Gasteiger partial charge in [0.1, 0.15) is 0 Å². The van der Waals surface area contributed by atoms with Gasteiger partial charge in [0.05, 0.1) is 13.2 Å². The number of hydrogen-bond donors (Lipinski definition) is 2. The van der Waals surface area contributed by atoms with Crippen LogP contribution in [0, 0.1) is 0 Å². The third-order valence-electron chi connectivity index (χ3n) is 1.25. The monoisotopic (exact) mass is 174 g/mol. The van der Waals surface area contributed by atoms with E-state index in [4.69, 9.17) is 11.5 Å². The molecule has 0 rings (SSSR count). The van der Waals surface area contributed by atoms with Crippen LogP contribution in [-0.2, 0) is 14.3 Å². The first-order chi connectivity index (χ1) is 5.66. The highest BCUT2D eigenvalue weighted by atomic mass is 16.5. The average molecular weight is 174 g/mol. The first-order valence-electron chi connectivity index (χ1n) is 3.81. The highest BCUT2D eigenvalue weighted by Gasteiger charge is 1.98. The van der Waals surface area contributed by atoms with Crippen LogP contribution in [0.25, 0.3) is 0 Å². The molecule has 0 aliphatic heterocycles. The fourth-order valence-corrected chi connectivity index (χ4v) is 0.646. The molecule has 0 aliphatic rings. The van der Waals surface area contributed by atoms with E-state index in [9.17, 15) is 9.59 Å². The number of carbonyl (C=O) groups is 2. The summed E-state index contributed by atoms with van der Waals surface area (Å²) in [7, 11) is 0. The molecule has 0 fully saturated rings. The summed E-state index contributed by atoms with van der Waals surface area (Å²) in [6.07, 6.45) is 1.63. The smallest absolute Gasteiger partial charge is 0.319 e. The zero-order valence-corrected chi connectivity index (χ0v) is 6.91. The predicted octanol–water partition coefficient (Wildman–Crippen LogP) is -0.856. The van der Waals surface area contributed by atoms with E-state index in [-0.39, 0.29) is 12.5 Å². The Bertz CT molecular complexity index is 159. The van der Waals surface area contributed by atoms with E-state index in [0.717, 1.165) is 0 Å². The quantitative estimate of drug-likeness (QED) is 0.404. The molecule has 70 valence electrons. The van der Waals surface area contributed by atoms with Crippen molar-refractivity contribution in [2.24, 2.45) is 11.5 Å². The highest BCUT2D eigenvalue weighted by Crippen LogP contribution is 1.94. The lowest BCUT2D eigenvalue weighted by Crippen LogP contribution is -2.17. The van der Waals surface area contributed by atoms with Crippen molar-refractivity contribution < 1.29 is 14.3 Å². The summed E-state index contributed by atoms with van der Waals surface area (Å²) in [5.74, 6) is -0.755. The SMILES string of the molecule is NCC(=O)OCCCCC(N)=O. The van der Waals surface area contributed by atoms with Gasteiger partial charge in [-0.3, -0.25) is 9.59 Å². The Labute approximate surface area is 71.0 Å². The summed E-state index contributed by atoms with van der Waals surface area (Å²) in [5.41, 5.74) is 9.88. The van der Waals surface area contributed by atoms with Gasteiger partial charge in [0.2, 0.25) is 5.91 Å². The van der Waals surface area contributed by atoms with Crippen molar-refractivity contribution >= 4 is 11.9 Å². The number of esters is 1. The van der Waals surface area contributed by atoms with Crippen LogP contribution in [0.15, 0.2) is 0 Å². The number of amides is 1. The Morgan fingerprint density at radius 3 is 2.42 bits per heavy atom. The molecule has 0 spiro atoms. The van der Waals surface area contributed by atoms with Crippen LogP contribution in [-0.4, -0.2) is 25.0 Å². The van der Waals surface area contributed by atoms with E-state index >= 15 is 0 Å². The first-order valence-corrected chi connectivity index (χ1v) is 3.81. The molecular weight excluding hydrogens is 160 g/mol. The number of hydrogen-bond acceptors (Lipinski definition) is 4. The summed E-state index contributed by atoms with van der Waals surface area (Å²) in [5, 5.41) is 0. The van der Waals surface area contributed by atoms with Crippen LogP contribution >= 0.6 is 0 Å². The van der Waals surface area contributed by atoms with Gasteiger partial charge < -0.3 is 16.2 Å². The standard InChI is InChI=1S/C7H14N2O3/c8-5-7(11)12-4-2-1-3-6(9)10/h1-5,8H2,(H2,9,10). The minimum atomic E-state index is -0.422. The molecule has 0 unspecified atom stereocenters. The Morgan fingerprint density at radius 1 is 1.25 bits per heavy atom. The Hall–Kier alpha value is -1.10. The molecule has 0 atom stereocenters. The second-order valence-electron chi connectivity index (χ2n) is 2.35. The van der Waals surface area contributed by atoms with Gasteiger partial charge >= 0.3 is 5.97 Å². The lowest BCUT2D eigenvalue weighted by atomic mass is 10.2. The third kappa shape index (κ3) is 7.01. The second kappa shape index (κ2) is 6.60. The Morgan fingerprint density at radius 2 is 1.92 bits per heavy atom. The maximum absolute atomic E-state index is 10.5. The van der Waals surface area contributed by atoms with Crippen molar-refractivity contribution in [2.75, 3.05) is 13.2 Å². The minimum Gasteiger partial charge on any atom is -0.465 e. The van der Waals surface area contributed by atoms with Gasteiger partial charge in [-0.2, -0.15) is 0 Å². The van der Waals surface area contributed by atoms with E-state index in [0.29, 0.717) is 25.9 Å². The molecular formula is C7H14N2O3. The molecule has 0 saturated heterocycles. The molecule has 0 saturated carbocycles. The summed E-state index contributed by atoms with van der Waals surface area (Å²) < 4.78 is 4.66. The number of rotatable bonds is 6. The van der Waals surface area contributed by atoms with E-state index in [1.54, 1.807) is 0 Å². The number of ether oxygens (including phenoxy) is 1. The summed E-state index contributed by atoms with van der Waals surface area (Å²) in [6, 6.07) is 0. The van der Waals surface area contributed by atoms with Gasteiger partial charge in [-0.15, -0.1) is 0 Å². The molecule has 0 aliphatic carbocycles. The predicted molar refractivity (Wildman–Crippen MR) is 43.1 cm³/mol. The van der Waals surface area contributed by atoms with Crippen molar-refractivity contribution in [3.8, 4) is 0 Å². The normalized spacial score (nSPS) is 9.42. The van der Waals surface area contributed by atoms with Crippen molar-refractivity contribution in [3.63, 3.8) is 0 Å². The van der Waals surface area contributed by atoms with Gasteiger partial charge in [0, 0.05) is 6.42 Å². The maximum Gasteiger partial charge on any atom is 0.319 e. The molecule has 0 radical (unpaired) electrons. The van der Waals surface area contributed by atoms with Gasteiger partial charge in [-0.1, -0.05) is 0 Å². The van der Waals surface area contributed by atoms with Gasteiger partial charge in [0.25, 0.3) is 0 Å². The number of nitrogens with two attached hydrogens (primary N) is 2. The Balaban J connectivity index is 3.11. The molecule has 0 aromatic carbocycles. The van der Waals surface area contributed by atoms with Crippen molar-refractivity contribution in [1.82, 2.24) is 0 Å². The van der Waals surface area contributed by atoms with Gasteiger partial charge in [0.15, 0.2) is 0 Å². The topological polar surface area (TPSA) is 95.4 Å². The van der Waals surface area contributed by atoms with Crippen LogP contribution in [0.1, 0.15) is 19.3 Å². The molecule has 12 heavy (non-hydrogen) atoms. The van der Waals surface area contributed by atoms with Crippen LogP contribution in [0.5, 0.6) is 0 Å². The molecule has 1 amide bonds.